The third-order valence-electron chi connectivity index (χ3n) is 2.50. The van der Waals surface area contributed by atoms with Gasteiger partial charge in [0.2, 0.25) is 0 Å². The number of aromatic nitrogens is 3. The highest BCUT2D eigenvalue weighted by Gasteiger charge is 2.07. The van der Waals surface area contributed by atoms with Gasteiger partial charge in [-0.05, 0) is 30.3 Å². The highest BCUT2D eigenvalue weighted by molar-refractivity contribution is 6.31. The minimum atomic E-state index is -0.452. The zero-order valence-corrected chi connectivity index (χ0v) is 9.87. The lowest BCUT2D eigenvalue weighted by Gasteiger charge is -2.03. The molecule has 0 saturated heterocycles. The minimum absolute atomic E-state index is 0.0628. The minimum Gasteiger partial charge on any atom is -0.337 e. The first kappa shape index (κ1) is 11.0. The molecule has 2 N–H and O–H groups in total. The van der Waals surface area contributed by atoms with E-state index >= 15 is 0 Å². The molecule has 0 spiro atoms. The summed E-state index contributed by atoms with van der Waals surface area (Å²) in [7, 11) is 0. The van der Waals surface area contributed by atoms with Crippen molar-refractivity contribution >= 4 is 34.1 Å². The van der Waals surface area contributed by atoms with Crippen molar-refractivity contribution in [2.75, 3.05) is 5.32 Å². The number of nitrogens with one attached hydrogen (secondary N) is 2. The van der Waals surface area contributed by atoms with Crippen LogP contribution in [0.25, 0.3) is 11.0 Å². The number of benzene rings is 1. The maximum Gasteiger partial charge on any atom is 0.178 e. The number of H-pyrrole nitrogens is 1. The van der Waals surface area contributed by atoms with E-state index in [4.69, 9.17) is 11.6 Å². The van der Waals surface area contributed by atoms with Gasteiger partial charge in [-0.15, -0.1) is 0 Å². The Labute approximate surface area is 107 Å². The molecule has 6 heteroatoms. The van der Waals surface area contributed by atoms with Crippen molar-refractivity contribution in [2.45, 2.75) is 0 Å². The Balaban J connectivity index is 1.98. The van der Waals surface area contributed by atoms with E-state index in [1.54, 1.807) is 12.3 Å². The second kappa shape index (κ2) is 4.27. The summed E-state index contributed by atoms with van der Waals surface area (Å²) in [5.41, 5.74) is 2.20. The van der Waals surface area contributed by atoms with Crippen LogP contribution in [-0.4, -0.2) is 15.2 Å². The zero-order valence-electron chi connectivity index (χ0n) is 9.11. The summed E-state index contributed by atoms with van der Waals surface area (Å²) in [5, 5.41) is 10.1. The standard InChI is InChI=1S/C12H8ClFN4/c13-8-6-7(3-4-9(8)14)16-12-11-10(17-18-12)2-1-5-15-11/h1-6H,(H2,16,17,18). The first-order chi connectivity index (χ1) is 8.74. The molecule has 3 aromatic rings. The quantitative estimate of drug-likeness (QED) is 0.743. The highest BCUT2D eigenvalue weighted by atomic mass is 35.5. The van der Waals surface area contributed by atoms with Gasteiger partial charge in [0.15, 0.2) is 5.82 Å². The van der Waals surface area contributed by atoms with Crippen LogP contribution in [0, 0.1) is 5.82 Å². The Bertz CT molecular complexity index is 710. The van der Waals surface area contributed by atoms with Gasteiger partial charge in [-0.25, -0.2) is 4.39 Å². The molecule has 0 bridgehead atoms. The number of aromatic amines is 1. The van der Waals surface area contributed by atoms with Crippen molar-refractivity contribution in [3.05, 3.63) is 47.4 Å². The average molecular weight is 263 g/mol. The number of pyridine rings is 1. The van der Waals surface area contributed by atoms with Crippen molar-refractivity contribution in [2.24, 2.45) is 0 Å². The van der Waals surface area contributed by atoms with Crippen LogP contribution >= 0.6 is 11.6 Å². The van der Waals surface area contributed by atoms with E-state index in [1.165, 1.54) is 12.1 Å². The topological polar surface area (TPSA) is 53.6 Å². The number of fused-ring (bicyclic) bond motifs is 1. The third-order valence-corrected chi connectivity index (χ3v) is 2.79. The van der Waals surface area contributed by atoms with Crippen molar-refractivity contribution in [3.63, 3.8) is 0 Å². The fourth-order valence-electron chi connectivity index (χ4n) is 1.65. The third kappa shape index (κ3) is 1.89. The van der Waals surface area contributed by atoms with Crippen molar-refractivity contribution in [1.29, 1.82) is 0 Å². The molecular formula is C12H8ClFN4. The second-order valence-corrected chi connectivity index (χ2v) is 4.13. The van der Waals surface area contributed by atoms with E-state index in [2.05, 4.69) is 20.5 Å². The van der Waals surface area contributed by atoms with Gasteiger partial charge in [0.25, 0.3) is 0 Å². The Kier molecular flexibility index (Phi) is 2.60. The number of hydrogen-bond donors (Lipinski definition) is 2. The Hall–Kier alpha value is -2.14. The monoisotopic (exact) mass is 262 g/mol. The fraction of sp³-hybridized carbons (Fsp3) is 0. The number of halogens is 2. The van der Waals surface area contributed by atoms with E-state index in [0.29, 0.717) is 11.5 Å². The molecule has 0 saturated carbocycles. The van der Waals surface area contributed by atoms with Crippen molar-refractivity contribution < 1.29 is 4.39 Å². The van der Waals surface area contributed by atoms with Gasteiger partial charge < -0.3 is 5.32 Å². The Morgan fingerprint density at radius 3 is 3.00 bits per heavy atom. The van der Waals surface area contributed by atoms with Crippen LogP contribution < -0.4 is 5.32 Å². The highest BCUT2D eigenvalue weighted by Crippen LogP contribution is 2.24. The maximum absolute atomic E-state index is 13.0. The Morgan fingerprint density at radius 2 is 2.17 bits per heavy atom. The predicted molar refractivity (Wildman–Crippen MR) is 68.6 cm³/mol. The first-order valence-corrected chi connectivity index (χ1v) is 5.63. The largest absolute Gasteiger partial charge is 0.337 e. The second-order valence-electron chi connectivity index (χ2n) is 3.73. The summed E-state index contributed by atoms with van der Waals surface area (Å²) in [6, 6.07) is 8.08. The molecule has 0 fully saturated rings. The molecule has 0 aliphatic heterocycles. The van der Waals surface area contributed by atoms with Gasteiger partial charge in [-0.1, -0.05) is 11.6 Å². The normalized spacial score (nSPS) is 10.8. The van der Waals surface area contributed by atoms with Gasteiger partial charge in [-0.2, -0.15) is 5.10 Å². The SMILES string of the molecule is Fc1ccc(Nc2n[nH]c3cccnc23)cc1Cl. The van der Waals surface area contributed by atoms with E-state index < -0.39 is 5.82 Å². The van der Waals surface area contributed by atoms with E-state index in [-0.39, 0.29) is 5.02 Å². The van der Waals surface area contributed by atoms with Crippen LogP contribution in [0.5, 0.6) is 0 Å². The molecule has 0 amide bonds. The number of anilines is 2. The van der Waals surface area contributed by atoms with Crippen LogP contribution in [0.4, 0.5) is 15.9 Å². The molecule has 0 radical (unpaired) electrons. The van der Waals surface area contributed by atoms with E-state index in [9.17, 15) is 4.39 Å². The zero-order chi connectivity index (χ0) is 12.5. The molecule has 0 unspecified atom stereocenters. The van der Waals surface area contributed by atoms with Crippen LogP contribution in [0.2, 0.25) is 5.02 Å². The summed E-state index contributed by atoms with van der Waals surface area (Å²) in [6.45, 7) is 0. The lowest BCUT2D eigenvalue weighted by molar-refractivity contribution is 0.628. The van der Waals surface area contributed by atoms with Crippen LogP contribution in [0.15, 0.2) is 36.5 Å². The van der Waals surface area contributed by atoms with Crippen LogP contribution in [0.3, 0.4) is 0 Å². The molecule has 90 valence electrons. The molecule has 2 heterocycles. The van der Waals surface area contributed by atoms with Gasteiger partial charge in [-0.3, -0.25) is 10.1 Å². The first-order valence-electron chi connectivity index (χ1n) is 5.25. The van der Waals surface area contributed by atoms with Crippen molar-refractivity contribution in [3.8, 4) is 0 Å². The van der Waals surface area contributed by atoms with Crippen molar-refractivity contribution in [1.82, 2.24) is 15.2 Å². The molecule has 4 nitrogen and oxygen atoms in total. The maximum atomic E-state index is 13.0. The average Bonchev–Trinajstić information content (AvgIpc) is 2.78. The van der Waals surface area contributed by atoms with Gasteiger partial charge in [0.1, 0.15) is 11.3 Å². The molecule has 2 aromatic heterocycles. The van der Waals surface area contributed by atoms with Crippen LogP contribution in [0.1, 0.15) is 0 Å². The Morgan fingerprint density at radius 1 is 1.28 bits per heavy atom. The van der Waals surface area contributed by atoms with E-state index in [1.807, 2.05) is 12.1 Å². The van der Waals surface area contributed by atoms with Gasteiger partial charge >= 0.3 is 0 Å². The molecule has 0 aliphatic rings. The molecule has 0 atom stereocenters. The fourth-order valence-corrected chi connectivity index (χ4v) is 1.83. The summed E-state index contributed by atoms with van der Waals surface area (Å²) in [4.78, 5) is 4.21. The number of hydrogen-bond acceptors (Lipinski definition) is 3. The summed E-state index contributed by atoms with van der Waals surface area (Å²) < 4.78 is 13.0. The lowest BCUT2D eigenvalue weighted by Crippen LogP contribution is -1.92. The van der Waals surface area contributed by atoms with Gasteiger partial charge in [0.05, 0.1) is 10.5 Å². The summed E-state index contributed by atoms with van der Waals surface area (Å²) in [6.07, 6.45) is 1.68. The molecule has 18 heavy (non-hydrogen) atoms. The lowest BCUT2D eigenvalue weighted by atomic mass is 10.3. The molecule has 3 rings (SSSR count). The summed E-state index contributed by atoms with van der Waals surface area (Å²) >= 11 is 5.71. The van der Waals surface area contributed by atoms with Crippen LogP contribution in [-0.2, 0) is 0 Å². The van der Waals surface area contributed by atoms with Gasteiger partial charge in [0, 0.05) is 11.9 Å². The summed E-state index contributed by atoms with van der Waals surface area (Å²) in [5.74, 6) is 0.125. The number of rotatable bonds is 2. The predicted octanol–water partition coefficient (Wildman–Crippen LogP) is 3.49. The van der Waals surface area contributed by atoms with E-state index in [0.717, 1.165) is 11.0 Å². The smallest absolute Gasteiger partial charge is 0.178 e. The molecule has 0 aliphatic carbocycles. The number of nitrogens with zero attached hydrogens (tertiary/aromatic N) is 2. The molecular weight excluding hydrogens is 255 g/mol. The molecule has 1 aromatic carbocycles.